The number of thioether (sulfide) groups is 1. The number of anilines is 1. The molecule has 0 fully saturated rings. The van der Waals surface area contributed by atoms with Gasteiger partial charge in [0.05, 0.1) is 29.0 Å². The molecule has 2 aromatic rings. The molecule has 30 heavy (non-hydrogen) atoms. The Morgan fingerprint density at radius 1 is 1.33 bits per heavy atom. The molecule has 1 atom stereocenters. The van der Waals surface area contributed by atoms with Crippen molar-refractivity contribution in [3.05, 3.63) is 70.5 Å². The molecule has 6 nitrogen and oxygen atoms in total. The van der Waals surface area contributed by atoms with Gasteiger partial charge >= 0.3 is 0 Å². The molecule has 1 aliphatic heterocycles. The van der Waals surface area contributed by atoms with Gasteiger partial charge in [0, 0.05) is 23.6 Å². The zero-order valence-corrected chi connectivity index (χ0v) is 17.1. The summed E-state index contributed by atoms with van der Waals surface area (Å²) in [5, 5.41) is 15.4. The van der Waals surface area contributed by atoms with Gasteiger partial charge in [0.2, 0.25) is 11.8 Å². The van der Waals surface area contributed by atoms with Gasteiger partial charge in [-0.05, 0) is 31.2 Å². The first-order valence-electron chi connectivity index (χ1n) is 9.35. The number of nitriles is 1. The van der Waals surface area contributed by atoms with Gasteiger partial charge in [0.1, 0.15) is 11.6 Å². The lowest BCUT2D eigenvalue weighted by atomic mass is 9.86. The summed E-state index contributed by atoms with van der Waals surface area (Å²) in [7, 11) is 0. The van der Waals surface area contributed by atoms with Crippen molar-refractivity contribution in [3.8, 4) is 11.8 Å². The number of rotatable bonds is 7. The fourth-order valence-corrected chi connectivity index (χ4v) is 4.03. The Kier molecular flexibility index (Phi) is 7.09. The van der Waals surface area contributed by atoms with Crippen LogP contribution in [0.4, 0.5) is 10.1 Å². The number of para-hydroxylation sites is 1. The number of hydrogen-bond donors (Lipinski definition) is 2. The summed E-state index contributed by atoms with van der Waals surface area (Å²) >= 11 is 1.06. The highest BCUT2D eigenvalue weighted by atomic mass is 32.2. The number of allylic oxidation sites excluding steroid dienone is 1. The first kappa shape index (κ1) is 21.4. The van der Waals surface area contributed by atoms with E-state index in [2.05, 4.69) is 16.7 Å². The van der Waals surface area contributed by atoms with Gasteiger partial charge in [-0.3, -0.25) is 9.59 Å². The Labute approximate surface area is 178 Å². The summed E-state index contributed by atoms with van der Waals surface area (Å²) in [4.78, 5) is 24.6. The predicted octanol–water partition coefficient (Wildman–Crippen LogP) is 3.93. The molecule has 0 aromatic heterocycles. The van der Waals surface area contributed by atoms with Gasteiger partial charge in [-0.15, -0.1) is 0 Å². The quantitative estimate of drug-likeness (QED) is 0.701. The first-order chi connectivity index (χ1) is 14.5. The lowest BCUT2D eigenvalue weighted by Crippen LogP contribution is -2.31. The van der Waals surface area contributed by atoms with Gasteiger partial charge in [0.25, 0.3) is 0 Å². The predicted molar refractivity (Wildman–Crippen MR) is 113 cm³/mol. The van der Waals surface area contributed by atoms with Crippen molar-refractivity contribution in [2.75, 3.05) is 17.7 Å². The van der Waals surface area contributed by atoms with Crippen molar-refractivity contribution in [1.29, 1.82) is 5.26 Å². The topological polar surface area (TPSA) is 91.2 Å². The van der Waals surface area contributed by atoms with E-state index in [4.69, 9.17) is 4.74 Å². The smallest absolute Gasteiger partial charge is 0.234 e. The zero-order chi connectivity index (χ0) is 21.5. The third kappa shape index (κ3) is 5.19. The van der Waals surface area contributed by atoms with Gasteiger partial charge < -0.3 is 15.4 Å². The molecule has 154 valence electrons. The maximum absolute atomic E-state index is 13.3. The monoisotopic (exact) mass is 425 g/mol. The third-order valence-electron chi connectivity index (χ3n) is 4.41. The number of amides is 2. The second kappa shape index (κ2) is 9.94. The second-order valence-corrected chi connectivity index (χ2v) is 7.46. The van der Waals surface area contributed by atoms with E-state index in [1.54, 1.807) is 12.1 Å². The number of hydrogen-bond acceptors (Lipinski definition) is 5. The van der Waals surface area contributed by atoms with Crippen molar-refractivity contribution < 1.29 is 18.7 Å². The highest BCUT2D eigenvalue weighted by Gasteiger charge is 2.31. The molecular weight excluding hydrogens is 405 g/mol. The van der Waals surface area contributed by atoms with Crippen LogP contribution in [0.2, 0.25) is 0 Å². The first-order valence-corrected chi connectivity index (χ1v) is 10.3. The lowest BCUT2D eigenvalue weighted by molar-refractivity contribution is -0.121. The van der Waals surface area contributed by atoms with Gasteiger partial charge in [0.15, 0.2) is 0 Å². The Hall–Kier alpha value is -3.31. The highest BCUT2D eigenvalue weighted by molar-refractivity contribution is 8.03. The molecule has 3 rings (SSSR count). The average molecular weight is 425 g/mol. The fraction of sp³-hybridized carbons (Fsp3) is 0.227. The molecule has 1 aliphatic rings. The van der Waals surface area contributed by atoms with Crippen LogP contribution in [0.5, 0.6) is 5.75 Å². The minimum Gasteiger partial charge on any atom is -0.494 e. The largest absolute Gasteiger partial charge is 0.494 e. The van der Waals surface area contributed by atoms with Crippen molar-refractivity contribution >= 4 is 29.3 Å². The molecule has 0 saturated carbocycles. The molecule has 8 heteroatoms. The van der Waals surface area contributed by atoms with Crippen LogP contribution in [0.3, 0.4) is 0 Å². The SMILES string of the molecule is CCOc1ccccc1[C@H]1CC(=O)NC(SCC(=O)Nc2cccc(F)c2)=C1C#N. The number of ether oxygens (including phenoxy) is 1. The van der Waals surface area contributed by atoms with Crippen molar-refractivity contribution in [3.63, 3.8) is 0 Å². The number of nitrogens with one attached hydrogen (secondary N) is 2. The molecule has 2 N–H and O–H groups in total. The van der Waals surface area contributed by atoms with Crippen LogP contribution >= 0.6 is 11.8 Å². The Balaban J connectivity index is 1.79. The van der Waals surface area contributed by atoms with Crippen LogP contribution in [-0.2, 0) is 9.59 Å². The number of benzene rings is 2. The van der Waals surface area contributed by atoms with Gasteiger partial charge in [-0.1, -0.05) is 36.0 Å². The minimum atomic E-state index is -0.458. The summed E-state index contributed by atoms with van der Waals surface area (Å²) in [5.41, 5.74) is 1.48. The molecule has 0 radical (unpaired) electrons. The molecule has 0 aliphatic carbocycles. The Morgan fingerprint density at radius 2 is 2.13 bits per heavy atom. The van der Waals surface area contributed by atoms with Crippen molar-refractivity contribution in [1.82, 2.24) is 5.32 Å². The molecule has 2 aromatic carbocycles. The number of carbonyl (C=O) groups is 2. The molecule has 1 heterocycles. The third-order valence-corrected chi connectivity index (χ3v) is 5.42. The molecule has 0 unspecified atom stereocenters. The zero-order valence-electron chi connectivity index (χ0n) is 16.3. The Bertz CT molecular complexity index is 1030. The summed E-state index contributed by atoms with van der Waals surface area (Å²) in [6.45, 7) is 2.33. The van der Waals surface area contributed by atoms with E-state index >= 15 is 0 Å². The highest BCUT2D eigenvalue weighted by Crippen LogP contribution is 2.39. The van der Waals surface area contributed by atoms with E-state index in [-0.39, 0.29) is 24.0 Å². The van der Waals surface area contributed by atoms with E-state index in [1.165, 1.54) is 18.2 Å². The number of nitrogens with zero attached hydrogens (tertiary/aromatic N) is 1. The van der Waals surface area contributed by atoms with E-state index in [1.807, 2.05) is 25.1 Å². The normalized spacial score (nSPS) is 15.9. The van der Waals surface area contributed by atoms with E-state index in [0.29, 0.717) is 28.6 Å². The maximum Gasteiger partial charge on any atom is 0.234 e. The maximum atomic E-state index is 13.3. The molecule has 0 spiro atoms. The molecule has 2 amide bonds. The minimum absolute atomic E-state index is 0.0445. The lowest BCUT2D eigenvalue weighted by Gasteiger charge is -2.26. The van der Waals surface area contributed by atoms with Crippen LogP contribution < -0.4 is 15.4 Å². The number of carbonyl (C=O) groups excluding carboxylic acids is 2. The van der Waals surface area contributed by atoms with Crippen LogP contribution in [0.15, 0.2) is 59.1 Å². The van der Waals surface area contributed by atoms with Crippen LogP contribution in [0, 0.1) is 17.1 Å². The Morgan fingerprint density at radius 3 is 2.87 bits per heavy atom. The standard InChI is InChI=1S/C22H20FN3O3S/c1-2-29-19-9-4-3-8-16(19)17-11-20(27)26-22(18(17)12-24)30-13-21(28)25-15-7-5-6-14(23)10-15/h3-10,17H,2,11,13H2,1H3,(H,25,28)(H,26,27)/t17-/m1/s1. The molecular formula is C22H20FN3O3S. The number of halogens is 1. The summed E-state index contributed by atoms with van der Waals surface area (Å²) < 4.78 is 18.9. The average Bonchev–Trinajstić information content (AvgIpc) is 2.72. The van der Waals surface area contributed by atoms with Gasteiger partial charge in [-0.25, -0.2) is 4.39 Å². The van der Waals surface area contributed by atoms with Crippen LogP contribution in [0.1, 0.15) is 24.8 Å². The molecule has 0 saturated heterocycles. The second-order valence-electron chi connectivity index (χ2n) is 6.48. The van der Waals surface area contributed by atoms with Crippen LogP contribution in [-0.4, -0.2) is 24.2 Å². The van der Waals surface area contributed by atoms with Crippen molar-refractivity contribution in [2.45, 2.75) is 19.3 Å². The van der Waals surface area contributed by atoms with Crippen molar-refractivity contribution in [2.24, 2.45) is 0 Å². The summed E-state index contributed by atoms with van der Waals surface area (Å²) in [6.07, 6.45) is 0.118. The summed E-state index contributed by atoms with van der Waals surface area (Å²) in [5.74, 6) is -0.942. The molecule has 0 bridgehead atoms. The van der Waals surface area contributed by atoms with E-state index < -0.39 is 11.7 Å². The summed E-state index contributed by atoms with van der Waals surface area (Å²) in [6, 6.07) is 15.1. The van der Waals surface area contributed by atoms with E-state index in [0.717, 1.165) is 17.3 Å². The van der Waals surface area contributed by atoms with E-state index in [9.17, 15) is 19.2 Å². The van der Waals surface area contributed by atoms with Crippen LogP contribution in [0.25, 0.3) is 0 Å². The van der Waals surface area contributed by atoms with Gasteiger partial charge in [-0.2, -0.15) is 5.26 Å². The fourth-order valence-electron chi connectivity index (χ4n) is 3.16.